The summed E-state index contributed by atoms with van der Waals surface area (Å²) in [6.45, 7) is 3.59. The molecule has 2 heterocycles. The van der Waals surface area contributed by atoms with Crippen LogP contribution >= 0.6 is 0 Å². The maximum atomic E-state index is 13.0. The zero-order valence-electron chi connectivity index (χ0n) is 17.0. The van der Waals surface area contributed by atoms with Crippen molar-refractivity contribution in [2.45, 2.75) is 52.1 Å². The number of likely N-dealkylation sites (tertiary alicyclic amines) is 1. The largest absolute Gasteiger partial charge is 0.490 e. The lowest BCUT2D eigenvalue weighted by molar-refractivity contribution is -0.0514. The second-order valence-electron chi connectivity index (χ2n) is 7.74. The van der Waals surface area contributed by atoms with Gasteiger partial charge in [0.05, 0.1) is 12.1 Å². The third-order valence-corrected chi connectivity index (χ3v) is 5.72. The lowest BCUT2D eigenvalue weighted by Crippen LogP contribution is -2.22. The van der Waals surface area contributed by atoms with Gasteiger partial charge in [-0.2, -0.15) is 8.78 Å². The Hall–Kier alpha value is -2.15. The molecular formula is C22H29F2N3O2. The van der Waals surface area contributed by atoms with E-state index >= 15 is 0 Å². The smallest absolute Gasteiger partial charge is 0.387 e. The lowest BCUT2D eigenvalue weighted by Gasteiger charge is -2.18. The molecule has 0 amide bonds. The number of aromatic nitrogens is 1. The number of alkyl halides is 2. The Balaban J connectivity index is 1.60. The summed E-state index contributed by atoms with van der Waals surface area (Å²) in [5.74, 6) is 0.416. The van der Waals surface area contributed by atoms with Crippen LogP contribution in [-0.4, -0.2) is 49.3 Å². The number of nitrogens with zero attached hydrogens (tertiary/aromatic N) is 2. The first kappa shape index (κ1) is 20.1. The predicted molar refractivity (Wildman–Crippen MR) is 110 cm³/mol. The number of aryl methyl sites for hydroxylation is 1. The van der Waals surface area contributed by atoms with Crippen LogP contribution in [0.25, 0.3) is 10.9 Å². The fourth-order valence-electron chi connectivity index (χ4n) is 4.43. The van der Waals surface area contributed by atoms with Gasteiger partial charge in [-0.1, -0.05) is 0 Å². The molecule has 0 bridgehead atoms. The molecule has 4 rings (SSSR count). The molecule has 2 aliphatic rings. The van der Waals surface area contributed by atoms with Gasteiger partial charge in [0, 0.05) is 35.9 Å². The van der Waals surface area contributed by atoms with Crippen molar-refractivity contribution < 1.29 is 18.3 Å². The number of fused-ring (bicyclic) bond motifs is 2. The summed E-state index contributed by atoms with van der Waals surface area (Å²) >= 11 is 0. The SMILES string of the molecule is CCNc1c2c(nc3cc(OCCCN4CCCC4)c(OC(F)F)cc13)CCC2. The van der Waals surface area contributed by atoms with Crippen LogP contribution in [0.5, 0.6) is 11.5 Å². The Kier molecular flexibility index (Phi) is 6.33. The third-order valence-electron chi connectivity index (χ3n) is 5.72. The molecule has 158 valence electrons. The van der Waals surface area contributed by atoms with Crippen molar-refractivity contribution in [3.63, 3.8) is 0 Å². The number of pyridine rings is 1. The summed E-state index contributed by atoms with van der Waals surface area (Å²) in [6.07, 6.45) is 6.33. The van der Waals surface area contributed by atoms with E-state index in [2.05, 4.69) is 10.2 Å². The number of ether oxygens (including phenoxy) is 2. The van der Waals surface area contributed by atoms with Crippen LogP contribution in [0.3, 0.4) is 0 Å². The second-order valence-corrected chi connectivity index (χ2v) is 7.74. The molecule has 1 fully saturated rings. The zero-order chi connectivity index (χ0) is 20.2. The van der Waals surface area contributed by atoms with Gasteiger partial charge in [0.15, 0.2) is 11.5 Å². The van der Waals surface area contributed by atoms with Crippen LogP contribution in [0.4, 0.5) is 14.5 Å². The first-order chi connectivity index (χ1) is 14.2. The Labute approximate surface area is 170 Å². The third kappa shape index (κ3) is 4.55. The number of benzene rings is 1. The van der Waals surface area contributed by atoms with Gasteiger partial charge < -0.3 is 19.7 Å². The standard InChI is InChI=1S/C22H29F2N3O2/c1-2-25-21-15-7-5-8-17(15)26-18-14-19(20(13-16(18)21)29-22(23)24)28-12-6-11-27-9-3-4-10-27/h13-14,22H,2-12H2,1H3,(H,25,26). The lowest BCUT2D eigenvalue weighted by atomic mass is 10.1. The van der Waals surface area contributed by atoms with Gasteiger partial charge in [-0.15, -0.1) is 0 Å². The average molecular weight is 405 g/mol. The second kappa shape index (κ2) is 9.11. The van der Waals surface area contributed by atoms with Crippen LogP contribution in [0.15, 0.2) is 12.1 Å². The summed E-state index contributed by atoms with van der Waals surface area (Å²) < 4.78 is 36.8. The monoisotopic (exact) mass is 405 g/mol. The van der Waals surface area contributed by atoms with E-state index in [0.717, 1.165) is 74.1 Å². The van der Waals surface area contributed by atoms with Crippen LogP contribution in [0.2, 0.25) is 0 Å². The maximum Gasteiger partial charge on any atom is 0.387 e. The molecule has 1 saturated heterocycles. The van der Waals surface area contributed by atoms with Gasteiger partial charge in [0.2, 0.25) is 0 Å². The summed E-state index contributed by atoms with van der Waals surface area (Å²) in [6, 6.07) is 3.41. The van der Waals surface area contributed by atoms with Gasteiger partial charge in [-0.05, 0) is 70.2 Å². The van der Waals surface area contributed by atoms with E-state index in [1.165, 1.54) is 18.4 Å². The Morgan fingerprint density at radius 1 is 1.14 bits per heavy atom. The minimum absolute atomic E-state index is 0.0765. The number of nitrogens with one attached hydrogen (secondary N) is 1. The summed E-state index contributed by atoms with van der Waals surface area (Å²) in [7, 11) is 0. The molecule has 0 unspecified atom stereocenters. The van der Waals surface area contributed by atoms with E-state index < -0.39 is 6.61 Å². The number of hydrogen-bond donors (Lipinski definition) is 1. The van der Waals surface area contributed by atoms with Crippen LogP contribution in [0, 0.1) is 0 Å². The fourth-order valence-corrected chi connectivity index (χ4v) is 4.43. The Bertz CT molecular complexity index is 854. The van der Waals surface area contributed by atoms with E-state index in [-0.39, 0.29) is 5.75 Å². The molecule has 1 aromatic carbocycles. The summed E-state index contributed by atoms with van der Waals surface area (Å²) in [5.41, 5.74) is 4.04. The van der Waals surface area contributed by atoms with Crippen molar-refractivity contribution >= 4 is 16.6 Å². The van der Waals surface area contributed by atoms with Crippen LogP contribution in [0.1, 0.15) is 43.9 Å². The van der Waals surface area contributed by atoms with Crippen LogP contribution < -0.4 is 14.8 Å². The van der Waals surface area contributed by atoms with Gasteiger partial charge in [0.1, 0.15) is 0 Å². The van der Waals surface area contributed by atoms with Crippen LogP contribution in [-0.2, 0) is 12.8 Å². The predicted octanol–water partition coefficient (Wildman–Crippen LogP) is 4.62. The normalized spacial score (nSPS) is 16.6. The molecule has 0 spiro atoms. The average Bonchev–Trinajstić information content (AvgIpc) is 3.37. The Morgan fingerprint density at radius 3 is 2.72 bits per heavy atom. The zero-order valence-corrected chi connectivity index (χ0v) is 17.0. The molecule has 0 saturated carbocycles. The van der Waals surface area contributed by atoms with Crippen molar-refractivity contribution in [3.8, 4) is 11.5 Å². The molecule has 29 heavy (non-hydrogen) atoms. The van der Waals surface area contributed by atoms with Crippen molar-refractivity contribution in [2.75, 3.05) is 38.1 Å². The highest BCUT2D eigenvalue weighted by atomic mass is 19.3. The van der Waals surface area contributed by atoms with E-state index in [0.29, 0.717) is 12.4 Å². The summed E-state index contributed by atoms with van der Waals surface area (Å²) in [4.78, 5) is 7.21. The molecule has 1 N–H and O–H groups in total. The number of halogens is 2. The fraction of sp³-hybridized carbons (Fsp3) is 0.591. The van der Waals surface area contributed by atoms with E-state index in [9.17, 15) is 8.78 Å². The highest BCUT2D eigenvalue weighted by molar-refractivity contribution is 5.96. The van der Waals surface area contributed by atoms with Gasteiger partial charge in [-0.25, -0.2) is 0 Å². The van der Waals surface area contributed by atoms with E-state index in [1.807, 2.05) is 6.92 Å². The van der Waals surface area contributed by atoms with Gasteiger partial charge in [-0.3, -0.25) is 4.98 Å². The molecule has 0 radical (unpaired) electrons. The molecule has 7 heteroatoms. The first-order valence-corrected chi connectivity index (χ1v) is 10.7. The molecule has 1 aliphatic carbocycles. The number of rotatable bonds is 9. The summed E-state index contributed by atoms with van der Waals surface area (Å²) in [5, 5.41) is 4.22. The number of anilines is 1. The van der Waals surface area contributed by atoms with Gasteiger partial charge >= 0.3 is 6.61 Å². The topological polar surface area (TPSA) is 46.6 Å². The molecular weight excluding hydrogens is 376 g/mol. The highest BCUT2D eigenvalue weighted by Gasteiger charge is 2.22. The molecule has 0 atom stereocenters. The minimum Gasteiger partial charge on any atom is -0.490 e. The van der Waals surface area contributed by atoms with E-state index in [1.54, 1.807) is 12.1 Å². The maximum absolute atomic E-state index is 13.0. The quantitative estimate of drug-likeness (QED) is 0.617. The number of hydrogen-bond acceptors (Lipinski definition) is 5. The molecule has 2 aromatic rings. The van der Waals surface area contributed by atoms with Crippen molar-refractivity contribution in [1.82, 2.24) is 9.88 Å². The van der Waals surface area contributed by atoms with Gasteiger partial charge in [0.25, 0.3) is 0 Å². The van der Waals surface area contributed by atoms with E-state index in [4.69, 9.17) is 14.5 Å². The van der Waals surface area contributed by atoms with Crippen molar-refractivity contribution in [1.29, 1.82) is 0 Å². The molecule has 1 aliphatic heterocycles. The minimum atomic E-state index is -2.90. The highest BCUT2D eigenvalue weighted by Crippen LogP contribution is 2.40. The van der Waals surface area contributed by atoms with Crippen molar-refractivity contribution in [2.24, 2.45) is 0 Å². The Morgan fingerprint density at radius 2 is 1.97 bits per heavy atom. The first-order valence-electron chi connectivity index (χ1n) is 10.7. The van der Waals surface area contributed by atoms with Crippen molar-refractivity contribution in [3.05, 3.63) is 23.4 Å². The molecule has 1 aromatic heterocycles. The molecule has 5 nitrogen and oxygen atoms in total.